The molecule has 0 atom stereocenters. The SMILES string of the molecule is COc1cc(/C=C2\SC(=O)N(CCOc3cccc(C)c3)C2=O)cc(Br)c1OC(=O)c1ccc(Cl)cc1. The maximum Gasteiger partial charge on any atom is 0.343 e. The van der Waals surface area contributed by atoms with Crippen LogP contribution in [0.3, 0.4) is 0 Å². The van der Waals surface area contributed by atoms with E-state index in [0.717, 1.165) is 22.2 Å². The second kappa shape index (κ2) is 11.9. The summed E-state index contributed by atoms with van der Waals surface area (Å²) in [6, 6.07) is 17.1. The molecule has 3 aromatic rings. The molecule has 1 saturated heterocycles. The number of ether oxygens (including phenoxy) is 3. The third kappa shape index (κ3) is 6.54. The van der Waals surface area contributed by atoms with Crippen molar-refractivity contribution in [3.63, 3.8) is 0 Å². The minimum atomic E-state index is -0.586. The van der Waals surface area contributed by atoms with Crippen molar-refractivity contribution in [2.24, 2.45) is 0 Å². The first-order chi connectivity index (χ1) is 17.7. The molecule has 10 heteroatoms. The highest BCUT2D eigenvalue weighted by molar-refractivity contribution is 9.10. The van der Waals surface area contributed by atoms with Gasteiger partial charge in [-0.05, 0) is 100 Å². The van der Waals surface area contributed by atoms with Crippen LogP contribution in [-0.4, -0.2) is 42.3 Å². The van der Waals surface area contributed by atoms with E-state index in [9.17, 15) is 14.4 Å². The van der Waals surface area contributed by atoms with Crippen LogP contribution in [0.25, 0.3) is 6.08 Å². The number of thioether (sulfide) groups is 1. The number of carbonyl (C=O) groups is 3. The second-order valence-electron chi connectivity index (χ2n) is 7.93. The predicted molar refractivity (Wildman–Crippen MR) is 146 cm³/mol. The maximum absolute atomic E-state index is 12.9. The third-order valence-corrected chi connectivity index (χ3v) is 7.02. The Morgan fingerprint density at radius 3 is 2.57 bits per heavy atom. The first-order valence-electron chi connectivity index (χ1n) is 11.1. The van der Waals surface area contributed by atoms with Crippen molar-refractivity contribution in [2.75, 3.05) is 20.3 Å². The lowest BCUT2D eigenvalue weighted by Gasteiger charge is -2.13. The average molecular weight is 603 g/mol. The van der Waals surface area contributed by atoms with Crippen LogP contribution in [-0.2, 0) is 4.79 Å². The van der Waals surface area contributed by atoms with Crippen LogP contribution in [0, 0.1) is 6.92 Å². The van der Waals surface area contributed by atoms with E-state index in [4.69, 9.17) is 25.8 Å². The van der Waals surface area contributed by atoms with Gasteiger partial charge in [0.25, 0.3) is 11.1 Å². The van der Waals surface area contributed by atoms with Crippen LogP contribution in [0.2, 0.25) is 5.02 Å². The molecular formula is C27H21BrClNO6S. The van der Waals surface area contributed by atoms with Gasteiger partial charge in [-0.15, -0.1) is 0 Å². The fraction of sp³-hybridized carbons (Fsp3) is 0.148. The molecule has 1 heterocycles. The molecule has 0 spiro atoms. The summed E-state index contributed by atoms with van der Waals surface area (Å²) in [7, 11) is 1.44. The van der Waals surface area contributed by atoms with Gasteiger partial charge in [0.15, 0.2) is 11.5 Å². The molecule has 7 nitrogen and oxygen atoms in total. The Bertz CT molecular complexity index is 1390. The average Bonchev–Trinajstić information content (AvgIpc) is 3.13. The molecule has 3 aromatic carbocycles. The van der Waals surface area contributed by atoms with Crippen molar-refractivity contribution in [3.05, 3.63) is 91.8 Å². The van der Waals surface area contributed by atoms with Gasteiger partial charge in [-0.1, -0.05) is 23.7 Å². The zero-order valence-electron chi connectivity index (χ0n) is 19.8. The van der Waals surface area contributed by atoms with E-state index in [1.807, 2.05) is 31.2 Å². The first-order valence-corrected chi connectivity index (χ1v) is 13.0. The highest BCUT2D eigenvalue weighted by atomic mass is 79.9. The first kappa shape index (κ1) is 26.8. The van der Waals surface area contributed by atoms with Crippen LogP contribution in [0.15, 0.2) is 70.0 Å². The highest BCUT2D eigenvalue weighted by Gasteiger charge is 2.35. The molecule has 1 aliphatic rings. The number of hydrogen-bond donors (Lipinski definition) is 0. The predicted octanol–water partition coefficient (Wildman–Crippen LogP) is 6.75. The molecule has 1 fully saturated rings. The Labute approximate surface area is 231 Å². The molecule has 0 unspecified atom stereocenters. The van der Waals surface area contributed by atoms with Gasteiger partial charge in [-0.2, -0.15) is 0 Å². The van der Waals surface area contributed by atoms with E-state index in [2.05, 4.69) is 15.9 Å². The Morgan fingerprint density at radius 2 is 1.86 bits per heavy atom. The summed E-state index contributed by atoms with van der Waals surface area (Å²) >= 11 is 10.1. The number of aryl methyl sites for hydroxylation is 1. The highest BCUT2D eigenvalue weighted by Crippen LogP contribution is 2.39. The largest absolute Gasteiger partial charge is 0.493 e. The lowest BCUT2D eigenvalue weighted by Crippen LogP contribution is -2.32. The fourth-order valence-corrected chi connectivity index (χ4v) is 5.00. The fourth-order valence-electron chi connectivity index (χ4n) is 3.46. The zero-order valence-corrected chi connectivity index (χ0v) is 23.0. The summed E-state index contributed by atoms with van der Waals surface area (Å²) in [6.07, 6.45) is 1.59. The molecule has 0 radical (unpaired) electrons. The van der Waals surface area contributed by atoms with Crippen molar-refractivity contribution >= 4 is 62.5 Å². The van der Waals surface area contributed by atoms with Gasteiger partial charge in [0.2, 0.25) is 0 Å². The smallest absolute Gasteiger partial charge is 0.343 e. The van der Waals surface area contributed by atoms with Crippen LogP contribution >= 0.6 is 39.3 Å². The topological polar surface area (TPSA) is 82.1 Å². The normalized spacial score (nSPS) is 14.3. The van der Waals surface area contributed by atoms with E-state index in [1.165, 1.54) is 7.11 Å². The number of carbonyl (C=O) groups excluding carboxylic acids is 3. The number of nitrogens with zero attached hydrogens (tertiary/aromatic N) is 1. The Hall–Kier alpha value is -3.27. The van der Waals surface area contributed by atoms with Crippen molar-refractivity contribution in [2.45, 2.75) is 6.92 Å². The number of halogens is 2. The zero-order chi connectivity index (χ0) is 26.5. The van der Waals surface area contributed by atoms with Gasteiger partial charge in [0.1, 0.15) is 12.4 Å². The molecule has 0 saturated carbocycles. The minimum absolute atomic E-state index is 0.128. The summed E-state index contributed by atoms with van der Waals surface area (Å²) in [5.74, 6) is 0.139. The molecular weight excluding hydrogens is 582 g/mol. The molecule has 4 rings (SSSR count). The Balaban J connectivity index is 1.46. The maximum atomic E-state index is 12.9. The minimum Gasteiger partial charge on any atom is -0.493 e. The standard InChI is InChI=1S/C27H21BrClNO6S/c1-16-4-3-5-20(12-16)35-11-10-30-25(31)23(37-27(30)33)15-17-13-21(28)24(22(14-17)34-2)36-26(32)18-6-8-19(29)9-7-18/h3-9,12-15H,10-11H2,1-2H3/b23-15-. The lowest BCUT2D eigenvalue weighted by molar-refractivity contribution is -0.123. The van der Waals surface area contributed by atoms with Gasteiger partial charge in [-0.25, -0.2) is 4.79 Å². The van der Waals surface area contributed by atoms with Crippen LogP contribution in [0.5, 0.6) is 17.2 Å². The van der Waals surface area contributed by atoms with Crippen molar-refractivity contribution in [1.82, 2.24) is 4.90 Å². The van der Waals surface area contributed by atoms with Gasteiger partial charge < -0.3 is 14.2 Å². The lowest BCUT2D eigenvalue weighted by atomic mass is 10.1. The summed E-state index contributed by atoms with van der Waals surface area (Å²) < 4.78 is 17.1. The van der Waals surface area contributed by atoms with Crippen molar-refractivity contribution in [3.8, 4) is 17.2 Å². The van der Waals surface area contributed by atoms with Gasteiger partial charge in [-0.3, -0.25) is 14.5 Å². The molecule has 0 bridgehead atoms. The monoisotopic (exact) mass is 601 g/mol. The number of rotatable bonds is 8. The summed E-state index contributed by atoms with van der Waals surface area (Å²) in [4.78, 5) is 39.3. The number of esters is 1. The number of amides is 2. The van der Waals surface area contributed by atoms with E-state index in [-0.39, 0.29) is 34.8 Å². The van der Waals surface area contributed by atoms with E-state index in [0.29, 0.717) is 26.4 Å². The molecule has 0 aliphatic carbocycles. The molecule has 190 valence electrons. The number of benzene rings is 3. The molecule has 0 aromatic heterocycles. The van der Waals surface area contributed by atoms with Crippen LogP contribution < -0.4 is 14.2 Å². The summed E-state index contributed by atoms with van der Waals surface area (Å²) in [5, 5.41) is 0.131. The quantitative estimate of drug-likeness (QED) is 0.160. The Kier molecular flexibility index (Phi) is 8.58. The Morgan fingerprint density at radius 1 is 1.11 bits per heavy atom. The van der Waals surface area contributed by atoms with Crippen LogP contribution in [0.4, 0.5) is 4.79 Å². The summed E-state index contributed by atoms with van der Waals surface area (Å²) in [6.45, 7) is 2.27. The third-order valence-electron chi connectivity index (χ3n) is 5.27. The van der Waals surface area contributed by atoms with Crippen molar-refractivity contribution < 1.29 is 28.6 Å². The summed E-state index contributed by atoms with van der Waals surface area (Å²) in [5.41, 5.74) is 1.96. The van der Waals surface area contributed by atoms with Crippen LogP contribution in [0.1, 0.15) is 21.5 Å². The second-order valence-corrected chi connectivity index (χ2v) is 10.2. The molecule has 0 N–H and O–H groups in total. The van der Waals surface area contributed by atoms with Gasteiger partial charge >= 0.3 is 5.97 Å². The molecule has 2 amide bonds. The van der Waals surface area contributed by atoms with E-state index >= 15 is 0 Å². The molecule has 37 heavy (non-hydrogen) atoms. The number of hydrogen-bond acceptors (Lipinski definition) is 7. The number of methoxy groups -OCH3 is 1. The molecule has 1 aliphatic heterocycles. The van der Waals surface area contributed by atoms with Gasteiger partial charge in [0, 0.05) is 5.02 Å². The van der Waals surface area contributed by atoms with E-state index in [1.54, 1.807) is 42.5 Å². The van der Waals surface area contributed by atoms with Crippen molar-refractivity contribution in [1.29, 1.82) is 0 Å². The van der Waals surface area contributed by atoms with E-state index < -0.39 is 11.9 Å². The van der Waals surface area contributed by atoms with Gasteiger partial charge in [0.05, 0.1) is 28.6 Å². The number of imide groups is 1.